The van der Waals surface area contributed by atoms with Gasteiger partial charge in [-0.2, -0.15) is 0 Å². The van der Waals surface area contributed by atoms with Crippen molar-refractivity contribution in [2.45, 2.75) is 38.8 Å². The van der Waals surface area contributed by atoms with Crippen LogP contribution in [-0.2, 0) is 22.9 Å². The highest BCUT2D eigenvalue weighted by Gasteiger charge is 2.16. The van der Waals surface area contributed by atoms with Crippen molar-refractivity contribution in [3.8, 4) is 0 Å². The standard InChI is InChI=1S/C17H25N3O2S/c1-4-19(13-16-12-18-14-20(16)5-2)10-11-23(21,22)17-8-6-15(3)7-9-17/h6-9,12,14H,4-5,10-11,13H2,1-3H3. The van der Waals surface area contributed by atoms with Crippen LogP contribution in [-0.4, -0.2) is 41.7 Å². The number of hydrogen-bond donors (Lipinski definition) is 0. The molecule has 126 valence electrons. The first kappa shape index (κ1) is 17.7. The van der Waals surface area contributed by atoms with Crippen molar-refractivity contribution in [2.24, 2.45) is 0 Å². The summed E-state index contributed by atoms with van der Waals surface area (Å²) in [5, 5.41) is 0. The third kappa shape index (κ3) is 4.65. The molecule has 23 heavy (non-hydrogen) atoms. The quantitative estimate of drug-likeness (QED) is 0.744. The van der Waals surface area contributed by atoms with Gasteiger partial charge in [0, 0.05) is 25.8 Å². The van der Waals surface area contributed by atoms with Crippen molar-refractivity contribution in [3.05, 3.63) is 48.0 Å². The fourth-order valence-electron chi connectivity index (χ4n) is 2.46. The smallest absolute Gasteiger partial charge is 0.179 e. The largest absolute Gasteiger partial charge is 0.334 e. The first-order valence-electron chi connectivity index (χ1n) is 7.97. The molecule has 0 bridgehead atoms. The molecule has 1 aromatic heterocycles. The Kier molecular flexibility index (Phi) is 5.96. The summed E-state index contributed by atoms with van der Waals surface area (Å²) in [5.74, 6) is 0.129. The molecule has 1 heterocycles. The monoisotopic (exact) mass is 335 g/mol. The van der Waals surface area contributed by atoms with E-state index in [9.17, 15) is 8.42 Å². The van der Waals surface area contributed by atoms with Gasteiger partial charge in [0.2, 0.25) is 0 Å². The van der Waals surface area contributed by atoms with Crippen LogP contribution in [0.25, 0.3) is 0 Å². The Hall–Kier alpha value is -1.66. The zero-order chi connectivity index (χ0) is 16.9. The van der Waals surface area contributed by atoms with Crippen LogP contribution in [0, 0.1) is 6.92 Å². The number of rotatable bonds is 8. The molecular weight excluding hydrogens is 310 g/mol. The van der Waals surface area contributed by atoms with E-state index in [0.717, 1.165) is 24.3 Å². The molecule has 0 spiro atoms. The Bertz CT molecular complexity index is 721. The first-order valence-corrected chi connectivity index (χ1v) is 9.62. The van der Waals surface area contributed by atoms with Gasteiger partial charge in [-0.15, -0.1) is 0 Å². The van der Waals surface area contributed by atoms with Gasteiger partial charge in [0.15, 0.2) is 9.84 Å². The molecule has 0 aliphatic rings. The van der Waals surface area contributed by atoms with Gasteiger partial charge >= 0.3 is 0 Å². The number of hydrogen-bond acceptors (Lipinski definition) is 4. The number of sulfone groups is 1. The van der Waals surface area contributed by atoms with Gasteiger partial charge in [-0.3, -0.25) is 4.90 Å². The van der Waals surface area contributed by atoms with Crippen molar-refractivity contribution in [3.63, 3.8) is 0 Å². The Morgan fingerprint density at radius 1 is 1.17 bits per heavy atom. The summed E-state index contributed by atoms with van der Waals surface area (Å²) in [5.41, 5.74) is 2.18. The molecule has 0 unspecified atom stereocenters. The molecule has 5 nitrogen and oxygen atoms in total. The van der Waals surface area contributed by atoms with Crippen molar-refractivity contribution >= 4 is 9.84 Å². The average Bonchev–Trinajstić information content (AvgIpc) is 2.99. The molecule has 0 fully saturated rings. The van der Waals surface area contributed by atoms with Crippen LogP contribution >= 0.6 is 0 Å². The zero-order valence-electron chi connectivity index (χ0n) is 14.1. The van der Waals surface area contributed by atoms with Crippen LogP contribution in [0.3, 0.4) is 0 Å². The zero-order valence-corrected chi connectivity index (χ0v) is 14.9. The van der Waals surface area contributed by atoms with E-state index in [2.05, 4.69) is 21.4 Å². The summed E-state index contributed by atoms with van der Waals surface area (Å²) in [4.78, 5) is 6.70. The number of imidazole rings is 1. The summed E-state index contributed by atoms with van der Waals surface area (Å²) in [6.45, 7) is 8.97. The molecule has 0 aliphatic carbocycles. The minimum absolute atomic E-state index is 0.129. The minimum Gasteiger partial charge on any atom is -0.334 e. The summed E-state index contributed by atoms with van der Waals surface area (Å²) in [6.07, 6.45) is 3.66. The molecular formula is C17H25N3O2S. The molecule has 2 rings (SSSR count). The normalized spacial score (nSPS) is 12.0. The van der Waals surface area contributed by atoms with E-state index < -0.39 is 9.84 Å². The van der Waals surface area contributed by atoms with E-state index in [1.54, 1.807) is 12.1 Å². The fourth-order valence-corrected chi connectivity index (χ4v) is 3.74. The third-order valence-electron chi connectivity index (χ3n) is 4.03. The van der Waals surface area contributed by atoms with E-state index >= 15 is 0 Å². The van der Waals surface area contributed by atoms with Crippen LogP contribution in [0.2, 0.25) is 0 Å². The topological polar surface area (TPSA) is 55.2 Å². The lowest BCUT2D eigenvalue weighted by Crippen LogP contribution is -2.29. The Labute approximate surface area is 138 Å². The molecule has 0 atom stereocenters. The average molecular weight is 335 g/mol. The van der Waals surface area contributed by atoms with Crippen LogP contribution < -0.4 is 0 Å². The van der Waals surface area contributed by atoms with Crippen LogP contribution in [0.4, 0.5) is 0 Å². The van der Waals surface area contributed by atoms with Crippen LogP contribution in [0.15, 0.2) is 41.7 Å². The van der Waals surface area contributed by atoms with Gasteiger partial charge in [-0.05, 0) is 32.5 Å². The van der Waals surface area contributed by atoms with Crippen LogP contribution in [0.5, 0.6) is 0 Å². The predicted molar refractivity (Wildman–Crippen MR) is 92.1 cm³/mol. The van der Waals surface area contributed by atoms with Gasteiger partial charge in [-0.25, -0.2) is 13.4 Å². The summed E-state index contributed by atoms with van der Waals surface area (Å²) >= 11 is 0. The lowest BCUT2D eigenvalue weighted by molar-refractivity contribution is 0.288. The molecule has 0 radical (unpaired) electrons. The van der Waals surface area contributed by atoms with E-state index in [0.29, 0.717) is 18.0 Å². The maximum Gasteiger partial charge on any atom is 0.179 e. The molecule has 6 heteroatoms. The lowest BCUT2D eigenvalue weighted by atomic mass is 10.2. The SMILES string of the molecule is CCN(CCS(=O)(=O)c1ccc(C)cc1)Cc1cncn1CC. The van der Waals surface area contributed by atoms with Gasteiger partial charge in [0.05, 0.1) is 22.7 Å². The fraction of sp³-hybridized carbons (Fsp3) is 0.471. The van der Waals surface area contributed by atoms with Gasteiger partial charge in [0.1, 0.15) is 0 Å². The van der Waals surface area contributed by atoms with Crippen molar-refractivity contribution in [1.82, 2.24) is 14.5 Å². The van der Waals surface area contributed by atoms with Crippen LogP contribution in [0.1, 0.15) is 25.1 Å². The highest BCUT2D eigenvalue weighted by molar-refractivity contribution is 7.91. The number of aryl methyl sites for hydroxylation is 2. The van der Waals surface area contributed by atoms with E-state index in [4.69, 9.17) is 0 Å². The maximum atomic E-state index is 12.4. The minimum atomic E-state index is -3.24. The van der Waals surface area contributed by atoms with Gasteiger partial charge in [0.25, 0.3) is 0 Å². The summed E-state index contributed by atoms with van der Waals surface area (Å²) in [6, 6.07) is 7.05. The number of nitrogens with zero attached hydrogens (tertiary/aromatic N) is 3. The number of aromatic nitrogens is 2. The predicted octanol–water partition coefficient (Wildman–Crippen LogP) is 2.51. The second-order valence-corrected chi connectivity index (χ2v) is 7.78. The summed E-state index contributed by atoms with van der Waals surface area (Å²) < 4.78 is 27.0. The van der Waals surface area contributed by atoms with Gasteiger partial charge in [-0.1, -0.05) is 24.6 Å². The molecule has 0 aliphatic heterocycles. The first-order chi connectivity index (χ1) is 11.0. The highest BCUT2D eigenvalue weighted by atomic mass is 32.2. The van der Waals surface area contributed by atoms with Gasteiger partial charge < -0.3 is 4.57 Å². The molecule has 2 aromatic rings. The Morgan fingerprint density at radius 2 is 1.87 bits per heavy atom. The third-order valence-corrected chi connectivity index (χ3v) is 5.74. The second-order valence-electron chi connectivity index (χ2n) is 5.67. The molecule has 0 amide bonds. The Morgan fingerprint density at radius 3 is 2.48 bits per heavy atom. The van der Waals surface area contributed by atoms with Crippen molar-refractivity contribution in [2.75, 3.05) is 18.8 Å². The molecule has 0 N–H and O–H groups in total. The lowest BCUT2D eigenvalue weighted by Gasteiger charge is -2.20. The number of benzene rings is 1. The van der Waals surface area contributed by atoms with E-state index in [1.165, 1.54) is 0 Å². The van der Waals surface area contributed by atoms with Crippen molar-refractivity contribution in [1.29, 1.82) is 0 Å². The summed E-state index contributed by atoms with van der Waals surface area (Å²) in [7, 11) is -3.24. The molecule has 0 saturated carbocycles. The second kappa shape index (κ2) is 7.75. The molecule has 1 aromatic carbocycles. The highest BCUT2D eigenvalue weighted by Crippen LogP contribution is 2.13. The van der Waals surface area contributed by atoms with Crippen molar-refractivity contribution < 1.29 is 8.42 Å². The maximum absolute atomic E-state index is 12.4. The van der Waals surface area contributed by atoms with E-state index in [-0.39, 0.29) is 5.75 Å². The van der Waals surface area contributed by atoms with E-state index in [1.807, 2.05) is 38.5 Å². The molecule has 0 saturated heterocycles. The Balaban J connectivity index is 2.01.